The van der Waals surface area contributed by atoms with Crippen LogP contribution in [0.2, 0.25) is 5.02 Å². The van der Waals surface area contributed by atoms with Crippen molar-refractivity contribution in [2.24, 2.45) is 0 Å². The summed E-state index contributed by atoms with van der Waals surface area (Å²) in [7, 11) is 2.16. The van der Waals surface area contributed by atoms with E-state index in [1.54, 1.807) is 6.20 Å². The van der Waals surface area contributed by atoms with Crippen molar-refractivity contribution in [2.45, 2.75) is 39.5 Å². The molecule has 0 saturated heterocycles. The van der Waals surface area contributed by atoms with Crippen molar-refractivity contribution in [1.82, 2.24) is 20.2 Å². The van der Waals surface area contributed by atoms with Gasteiger partial charge in [-0.25, -0.2) is 9.97 Å². The van der Waals surface area contributed by atoms with E-state index in [9.17, 15) is 0 Å². The molecule has 0 fully saturated rings. The predicted octanol–water partition coefficient (Wildman–Crippen LogP) is 3.90. The number of likely N-dealkylation sites (N-methyl/N-ethyl adjacent to an activating group) is 1. The fourth-order valence-corrected chi connectivity index (χ4v) is 4.99. The van der Waals surface area contributed by atoms with Crippen LogP contribution >= 0.6 is 11.6 Å². The molecule has 7 heteroatoms. The number of fused-ring (bicyclic) bond motifs is 2. The summed E-state index contributed by atoms with van der Waals surface area (Å²) < 4.78 is 6.08. The number of nitrogen functional groups attached to an aromatic ring is 1. The maximum Gasteiger partial charge on any atom is 0.258 e. The second kappa shape index (κ2) is 8.70. The van der Waals surface area contributed by atoms with E-state index in [0.717, 1.165) is 55.8 Å². The molecule has 0 saturated carbocycles. The van der Waals surface area contributed by atoms with Crippen LogP contribution in [0.15, 0.2) is 30.5 Å². The van der Waals surface area contributed by atoms with Gasteiger partial charge in [-0.05, 0) is 79.4 Å². The van der Waals surface area contributed by atoms with Gasteiger partial charge in [-0.1, -0.05) is 17.7 Å². The quantitative estimate of drug-likeness (QED) is 0.629. The van der Waals surface area contributed by atoms with E-state index >= 15 is 0 Å². The smallest absolute Gasteiger partial charge is 0.258 e. The molecule has 166 valence electrons. The van der Waals surface area contributed by atoms with E-state index in [1.807, 2.05) is 6.07 Å². The van der Waals surface area contributed by atoms with Crippen LogP contribution in [0.5, 0.6) is 5.88 Å². The number of benzene rings is 2. The summed E-state index contributed by atoms with van der Waals surface area (Å²) in [5.41, 5.74) is 15.5. The number of hydrogen-bond acceptors (Lipinski definition) is 6. The number of nitrogens with two attached hydrogens (primary N) is 1. The minimum atomic E-state index is 0.283. The highest BCUT2D eigenvalue weighted by Crippen LogP contribution is 2.31. The first-order valence-corrected chi connectivity index (χ1v) is 11.4. The molecule has 5 rings (SSSR count). The van der Waals surface area contributed by atoms with Gasteiger partial charge in [0, 0.05) is 35.8 Å². The zero-order valence-corrected chi connectivity index (χ0v) is 19.3. The third-order valence-corrected chi connectivity index (χ3v) is 6.86. The number of ether oxygens (including phenoxy) is 1. The minimum absolute atomic E-state index is 0.283. The van der Waals surface area contributed by atoms with E-state index in [2.05, 4.69) is 47.4 Å². The molecule has 0 spiro atoms. The first-order chi connectivity index (χ1) is 15.5. The third kappa shape index (κ3) is 4.06. The lowest BCUT2D eigenvalue weighted by Gasteiger charge is -2.27. The minimum Gasteiger partial charge on any atom is -0.470 e. The number of hydrogen-bond donors (Lipinski definition) is 2. The Balaban J connectivity index is 1.44. The van der Waals surface area contributed by atoms with Crippen LogP contribution in [0, 0.1) is 6.92 Å². The number of nitrogens with zero attached hydrogens (tertiary/aromatic N) is 3. The second-order valence-corrected chi connectivity index (χ2v) is 9.15. The third-order valence-electron chi connectivity index (χ3n) is 6.50. The van der Waals surface area contributed by atoms with Gasteiger partial charge in [-0.2, -0.15) is 0 Å². The van der Waals surface area contributed by atoms with E-state index < -0.39 is 0 Å². The zero-order valence-electron chi connectivity index (χ0n) is 18.5. The summed E-state index contributed by atoms with van der Waals surface area (Å²) in [5.74, 6) is 0.628. The molecule has 32 heavy (non-hydrogen) atoms. The molecule has 2 aliphatic heterocycles. The molecule has 3 aromatic rings. The van der Waals surface area contributed by atoms with Crippen LogP contribution < -0.4 is 15.8 Å². The van der Waals surface area contributed by atoms with Gasteiger partial charge in [0.2, 0.25) is 0 Å². The van der Waals surface area contributed by atoms with Crippen LogP contribution in [0.25, 0.3) is 11.3 Å². The van der Waals surface area contributed by atoms with E-state index in [0.29, 0.717) is 17.5 Å². The monoisotopic (exact) mass is 449 g/mol. The van der Waals surface area contributed by atoms with Gasteiger partial charge in [0.15, 0.2) is 5.82 Å². The highest BCUT2D eigenvalue weighted by molar-refractivity contribution is 6.31. The SMILES string of the molecule is Cc1cc(-c2cnc(N)c(OCc3c(Cl)ccc4c3CCNC4)n2)cc2c1CCN(C)C2. The van der Waals surface area contributed by atoms with Crippen molar-refractivity contribution in [3.8, 4) is 17.1 Å². The summed E-state index contributed by atoms with van der Waals surface area (Å²) in [6.07, 6.45) is 3.73. The number of nitrogens with one attached hydrogen (secondary N) is 1. The van der Waals surface area contributed by atoms with Crippen molar-refractivity contribution < 1.29 is 4.74 Å². The molecule has 3 heterocycles. The maximum absolute atomic E-state index is 6.52. The molecular formula is C25H28ClN5O. The Morgan fingerprint density at radius 1 is 1.19 bits per heavy atom. The fourth-order valence-electron chi connectivity index (χ4n) is 4.76. The Morgan fingerprint density at radius 3 is 2.94 bits per heavy atom. The molecule has 0 aliphatic carbocycles. The van der Waals surface area contributed by atoms with E-state index in [1.165, 1.54) is 27.8 Å². The van der Waals surface area contributed by atoms with Crippen molar-refractivity contribution in [3.05, 3.63) is 68.9 Å². The average Bonchev–Trinajstić information content (AvgIpc) is 2.79. The summed E-state index contributed by atoms with van der Waals surface area (Å²) in [4.78, 5) is 11.4. The van der Waals surface area contributed by atoms with Crippen LogP contribution in [0.4, 0.5) is 5.82 Å². The summed E-state index contributed by atoms with van der Waals surface area (Å²) in [5, 5.41) is 4.11. The number of anilines is 1. The predicted molar refractivity (Wildman–Crippen MR) is 128 cm³/mol. The normalized spacial score (nSPS) is 15.8. The number of rotatable bonds is 4. The molecule has 1 aromatic heterocycles. The van der Waals surface area contributed by atoms with Gasteiger partial charge in [0.05, 0.1) is 11.9 Å². The molecule has 2 aromatic carbocycles. The fraction of sp³-hybridized carbons (Fsp3) is 0.360. The van der Waals surface area contributed by atoms with Gasteiger partial charge < -0.3 is 20.7 Å². The summed E-state index contributed by atoms with van der Waals surface area (Å²) in [6.45, 7) is 6.31. The molecule has 2 aliphatic rings. The average molecular weight is 450 g/mol. The molecule has 6 nitrogen and oxygen atoms in total. The Kier molecular flexibility index (Phi) is 5.76. The summed E-state index contributed by atoms with van der Waals surface area (Å²) >= 11 is 6.52. The van der Waals surface area contributed by atoms with Crippen LogP contribution in [0.3, 0.4) is 0 Å². The number of aromatic nitrogens is 2. The number of halogens is 1. The lowest BCUT2D eigenvalue weighted by molar-refractivity contribution is 0.293. The molecule has 3 N–H and O–H groups in total. The Hall–Kier alpha value is -2.67. The van der Waals surface area contributed by atoms with Gasteiger partial charge in [-0.15, -0.1) is 0 Å². The maximum atomic E-state index is 6.52. The van der Waals surface area contributed by atoms with Gasteiger partial charge >= 0.3 is 0 Å². The van der Waals surface area contributed by atoms with Gasteiger partial charge in [0.25, 0.3) is 5.88 Å². The largest absolute Gasteiger partial charge is 0.470 e. The van der Waals surface area contributed by atoms with Gasteiger partial charge in [0.1, 0.15) is 6.61 Å². The molecule has 0 radical (unpaired) electrons. The molecule has 0 bridgehead atoms. The first kappa shape index (κ1) is 21.2. The molecule has 0 unspecified atom stereocenters. The first-order valence-electron chi connectivity index (χ1n) is 11.1. The van der Waals surface area contributed by atoms with Crippen molar-refractivity contribution in [1.29, 1.82) is 0 Å². The summed E-state index contributed by atoms with van der Waals surface area (Å²) in [6, 6.07) is 8.42. The Bertz CT molecular complexity index is 1180. The topological polar surface area (TPSA) is 76.3 Å². The molecular weight excluding hydrogens is 422 g/mol. The van der Waals surface area contributed by atoms with Crippen molar-refractivity contribution in [2.75, 3.05) is 25.9 Å². The van der Waals surface area contributed by atoms with Crippen molar-refractivity contribution >= 4 is 17.4 Å². The number of aryl methyl sites for hydroxylation is 1. The van der Waals surface area contributed by atoms with Crippen molar-refractivity contribution in [3.63, 3.8) is 0 Å². The Labute approximate surface area is 193 Å². The van der Waals surface area contributed by atoms with Crippen LogP contribution in [0.1, 0.15) is 33.4 Å². The standard InChI is InChI=1S/C25H28ClN5O/c1-15-9-17(10-18-13-31(2)8-6-19(15)18)23-12-29-24(27)25(30-23)32-14-21-20-5-7-28-11-16(20)3-4-22(21)26/h3-4,9-10,12,28H,5-8,11,13-14H2,1-2H3,(H2,27,29). The second-order valence-electron chi connectivity index (χ2n) is 8.74. The molecule has 0 atom stereocenters. The lowest BCUT2D eigenvalue weighted by Crippen LogP contribution is -2.27. The molecule has 0 amide bonds. The highest BCUT2D eigenvalue weighted by atomic mass is 35.5. The van der Waals surface area contributed by atoms with E-state index in [-0.39, 0.29) is 5.82 Å². The highest BCUT2D eigenvalue weighted by Gasteiger charge is 2.19. The van der Waals surface area contributed by atoms with Crippen LogP contribution in [-0.4, -0.2) is 35.0 Å². The van der Waals surface area contributed by atoms with Crippen LogP contribution in [-0.2, 0) is 32.5 Å². The zero-order chi connectivity index (χ0) is 22.2. The lowest BCUT2D eigenvalue weighted by atomic mass is 9.92. The van der Waals surface area contributed by atoms with Gasteiger partial charge in [-0.3, -0.25) is 0 Å². The Morgan fingerprint density at radius 2 is 2.06 bits per heavy atom. The van der Waals surface area contributed by atoms with E-state index in [4.69, 9.17) is 27.1 Å².